The van der Waals surface area contributed by atoms with Crippen LogP contribution in [0.15, 0.2) is 77.7 Å². The van der Waals surface area contributed by atoms with Crippen molar-refractivity contribution >= 4 is 39.0 Å². The topological polar surface area (TPSA) is 95.5 Å². The number of aromatic carboxylic acids is 1. The summed E-state index contributed by atoms with van der Waals surface area (Å²) in [5.41, 5.74) is 3.91. The number of sulfonamides is 1. The van der Waals surface area contributed by atoms with E-state index in [9.17, 15) is 18.3 Å². The normalized spacial score (nSPS) is 20.8. The molecule has 1 aliphatic carbocycles. The highest BCUT2D eigenvalue weighted by atomic mass is 35.5. The lowest BCUT2D eigenvalue weighted by Gasteiger charge is -2.38. The number of allylic oxidation sites excluding steroid dienone is 2. The van der Waals surface area contributed by atoms with Gasteiger partial charge in [-0.05, 0) is 78.4 Å². The van der Waals surface area contributed by atoms with Gasteiger partial charge in [0.2, 0.25) is 0 Å². The first-order valence-electron chi connectivity index (χ1n) is 10.9. The van der Waals surface area contributed by atoms with Crippen molar-refractivity contribution in [3.8, 4) is 0 Å². The largest absolute Gasteiger partial charge is 0.478 e. The zero-order valence-corrected chi connectivity index (χ0v) is 19.9. The smallest absolute Gasteiger partial charge is 0.336 e. The number of anilines is 2. The molecular formula is C26H23ClN2O4S. The van der Waals surface area contributed by atoms with Gasteiger partial charge in [0.15, 0.2) is 0 Å². The Balaban J connectivity index is 1.51. The summed E-state index contributed by atoms with van der Waals surface area (Å²) in [5, 5.41) is 13.7. The summed E-state index contributed by atoms with van der Waals surface area (Å²) in [6, 6.07) is 16.9. The van der Waals surface area contributed by atoms with Gasteiger partial charge in [-0.25, -0.2) is 13.2 Å². The fourth-order valence-corrected chi connectivity index (χ4v) is 6.35. The maximum atomic E-state index is 13.2. The molecule has 34 heavy (non-hydrogen) atoms. The number of carbonyl (C=O) groups is 1. The zero-order chi connectivity index (χ0) is 24.0. The SMILES string of the molecule is Cc1cc(Cl)ccc1NS(=O)(=O)c1ccc2c(c1)[C@H]1C=CC[C@H]1[C@@H](c1ccccc1C(=O)O)N2. The number of fused-ring (bicyclic) bond motifs is 3. The Kier molecular flexibility index (Phi) is 5.62. The lowest BCUT2D eigenvalue weighted by molar-refractivity contribution is 0.0694. The maximum Gasteiger partial charge on any atom is 0.336 e. The van der Waals surface area contributed by atoms with Crippen molar-refractivity contribution in [3.63, 3.8) is 0 Å². The lowest BCUT2D eigenvalue weighted by Crippen LogP contribution is -2.30. The predicted octanol–water partition coefficient (Wildman–Crippen LogP) is 5.97. The summed E-state index contributed by atoms with van der Waals surface area (Å²) in [7, 11) is -3.82. The minimum absolute atomic E-state index is 0.0180. The molecule has 6 nitrogen and oxygen atoms in total. The quantitative estimate of drug-likeness (QED) is 0.379. The Morgan fingerprint density at radius 3 is 2.65 bits per heavy atom. The van der Waals surface area contributed by atoms with Gasteiger partial charge in [-0.15, -0.1) is 0 Å². The van der Waals surface area contributed by atoms with Crippen LogP contribution in [0.2, 0.25) is 5.02 Å². The van der Waals surface area contributed by atoms with Crippen LogP contribution in [-0.4, -0.2) is 19.5 Å². The van der Waals surface area contributed by atoms with Crippen molar-refractivity contribution in [2.45, 2.75) is 30.2 Å². The molecule has 0 radical (unpaired) electrons. The summed E-state index contributed by atoms with van der Waals surface area (Å²) < 4.78 is 29.0. The summed E-state index contributed by atoms with van der Waals surface area (Å²) in [6.07, 6.45) is 4.95. The Morgan fingerprint density at radius 1 is 1.09 bits per heavy atom. The number of rotatable bonds is 5. The van der Waals surface area contributed by atoms with E-state index in [1.54, 1.807) is 55.5 Å². The third kappa shape index (κ3) is 3.95. The number of nitrogens with one attached hydrogen (secondary N) is 2. The van der Waals surface area contributed by atoms with Gasteiger partial charge in [0.1, 0.15) is 0 Å². The van der Waals surface area contributed by atoms with E-state index in [0.717, 1.165) is 28.8 Å². The zero-order valence-electron chi connectivity index (χ0n) is 18.3. The van der Waals surface area contributed by atoms with Gasteiger partial charge in [-0.3, -0.25) is 4.72 Å². The average molecular weight is 495 g/mol. The monoisotopic (exact) mass is 494 g/mol. The Hall–Kier alpha value is -3.29. The van der Waals surface area contributed by atoms with E-state index in [1.807, 2.05) is 12.1 Å². The van der Waals surface area contributed by atoms with E-state index >= 15 is 0 Å². The van der Waals surface area contributed by atoms with Crippen LogP contribution in [0.3, 0.4) is 0 Å². The first-order chi connectivity index (χ1) is 16.2. The predicted molar refractivity (Wildman–Crippen MR) is 133 cm³/mol. The van der Waals surface area contributed by atoms with Gasteiger partial charge >= 0.3 is 5.97 Å². The van der Waals surface area contributed by atoms with Gasteiger partial charge in [0.05, 0.1) is 22.2 Å². The molecule has 3 aromatic rings. The molecule has 1 heterocycles. The lowest BCUT2D eigenvalue weighted by atomic mass is 9.76. The third-order valence-electron chi connectivity index (χ3n) is 6.60. The van der Waals surface area contributed by atoms with Gasteiger partial charge < -0.3 is 10.4 Å². The van der Waals surface area contributed by atoms with Crippen LogP contribution >= 0.6 is 11.6 Å². The van der Waals surface area contributed by atoms with Crippen LogP contribution in [0.25, 0.3) is 0 Å². The molecule has 3 aromatic carbocycles. The molecule has 0 saturated heterocycles. The molecule has 1 aliphatic heterocycles. The van der Waals surface area contributed by atoms with Crippen LogP contribution < -0.4 is 10.0 Å². The van der Waals surface area contributed by atoms with Gasteiger partial charge in [-0.2, -0.15) is 0 Å². The molecule has 2 aliphatic rings. The van der Waals surface area contributed by atoms with Crippen molar-refractivity contribution in [1.82, 2.24) is 0 Å². The number of hydrogen-bond donors (Lipinski definition) is 3. The first kappa shape index (κ1) is 22.5. The first-order valence-corrected chi connectivity index (χ1v) is 12.8. The molecule has 8 heteroatoms. The molecule has 5 rings (SSSR count). The molecule has 0 amide bonds. The molecule has 0 fully saturated rings. The van der Waals surface area contributed by atoms with Crippen molar-refractivity contribution in [1.29, 1.82) is 0 Å². The van der Waals surface area contributed by atoms with Crippen molar-refractivity contribution in [2.24, 2.45) is 5.92 Å². The van der Waals surface area contributed by atoms with Crippen LogP contribution in [0, 0.1) is 12.8 Å². The van der Waals surface area contributed by atoms with Gasteiger partial charge in [0, 0.05) is 16.6 Å². The molecule has 0 saturated carbocycles. The fourth-order valence-electron chi connectivity index (χ4n) is 4.96. The highest BCUT2D eigenvalue weighted by Crippen LogP contribution is 2.50. The van der Waals surface area contributed by atoms with Crippen LogP contribution in [0.4, 0.5) is 11.4 Å². The Bertz CT molecular complexity index is 1430. The molecule has 3 atom stereocenters. The Morgan fingerprint density at radius 2 is 1.88 bits per heavy atom. The van der Waals surface area contributed by atoms with Crippen LogP contribution in [-0.2, 0) is 10.0 Å². The number of carboxylic acids is 1. The number of hydrogen-bond acceptors (Lipinski definition) is 4. The molecule has 0 aromatic heterocycles. The minimum atomic E-state index is -3.82. The van der Waals surface area contributed by atoms with Crippen molar-refractivity contribution in [3.05, 3.63) is 100 Å². The van der Waals surface area contributed by atoms with Crippen LogP contribution in [0.1, 0.15) is 45.4 Å². The van der Waals surface area contributed by atoms with Crippen molar-refractivity contribution in [2.75, 3.05) is 10.0 Å². The average Bonchev–Trinajstić information content (AvgIpc) is 3.30. The minimum Gasteiger partial charge on any atom is -0.478 e. The van der Waals surface area contributed by atoms with E-state index in [1.165, 1.54) is 0 Å². The third-order valence-corrected chi connectivity index (χ3v) is 8.20. The van der Waals surface area contributed by atoms with E-state index in [0.29, 0.717) is 10.7 Å². The summed E-state index contributed by atoms with van der Waals surface area (Å²) in [5.74, 6) is -0.899. The molecule has 3 N–H and O–H groups in total. The summed E-state index contributed by atoms with van der Waals surface area (Å²) >= 11 is 6.00. The number of carboxylic acid groups (broad SMARTS) is 1. The fraction of sp³-hybridized carbons (Fsp3) is 0.192. The molecule has 0 unspecified atom stereocenters. The van der Waals surface area contributed by atoms with E-state index < -0.39 is 16.0 Å². The number of halogens is 1. The number of benzene rings is 3. The summed E-state index contributed by atoms with van der Waals surface area (Å²) in [6.45, 7) is 1.80. The highest BCUT2D eigenvalue weighted by molar-refractivity contribution is 7.92. The Labute approximate surface area is 203 Å². The standard InChI is InChI=1S/C26H23ClN2O4S/c1-15-13-16(27)9-11-23(15)29-34(32,33)17-10-12-24-22(14-17)18-7-4-8-19(18)25(28-24)20-5-2-3-6-21(20)26(30)31/h2-7,9-14,18-19,25,28-29H,8H2,1H3,(H,30,31)/t18-,19+,25-/m0/s1. The number of aryl methyl sites for hydroxylation is 1. The van der Waals surface area contributed by atoms with Crippen molar-refractivity contribution < 1.29 is 18.3 Å². The second-order valence-electron chi connectivity index (χ2n) is 8.68. The van der Waals surface area contributed by atoms with E-state index in [2.05, 4.69) is 22.2 Å². The molecule has 174 valence electrons. The second-order valence-corrected chi connectivity index (χ2v) is 10.8. The van der Waals surface area contributed by atoms with Gasteiger partial charge in [0.25, 0.3) is 10.0 Å². The van der Waals surface area contributed by atoms with Gasteiger partial charge in [-0.1, -0.05) is 42.0 Å². The second kappa shape index (κ2) is 8.49. The summed E-state index contributed by atoms with van der Waals surface area (Å²) in [4.78, 5) is 12.0. The highest BCUT2D eigenvalue weighted by Gasteiger charge is 2.39. The molecular weight excluding hydrogens is 472 g/mol. The maximum absolute atomic E-state index is 13.2. The molecule has 0 spiro atoms. The van der Waals surface area contributed by atoms with E-state index in [-0.39, 0.29) is 28.3 Å². The molecule has 0 bridgehead atoms. The van der Waals surface area contributed by atoms with Crippen LogP contribution in [0.5, 0.6) is 0 Å². The van der Waals surface area contributed by atoms with E-state index in [4.69, 9.17) is 11.6 Å².